The van der Waals surface area contributed by atoms with E-state index in [1.807, 2.05) is 0 Å². The van der Waals surface area contributed by atoms with Gasteiger partial charge in [0.15, 0.2) is 0 Å². The van der Waals surface area contributed by atoms with Crippen LogP contribution in [-0.4, -0.2) is 29.3 Å². The van der Waals surface area contributed by atoms with Crippen LogP contribution in [0.2, 0.25) is 0 Å². The molecule has 2 saturated carbocycles. The molecule has 0 radical (unpaired) electrons. The van der Waals surface area contributed by atoms with Gasteiger partial charge in [-0.15, -0.1) is 0 Å². The number of amides is 1. The molecule has 1 amide bonds. The molecular formula is C16H24N2O2. The molecule has 4 aliphatic heterocycles. The first-order valence-corrected chi connectivity index (χ1v) is 8.32. The highest BCUT2D eigenvalue weighted by Gasteiger charge is 2.73. The molecule has 2 aliphatic carbocycles. The Morgan fingerprint density at radius 1 is 1.30 bits per heavy atom. The summed E-state index contributed by atoms with van der Waals surface area (Å²) in [6.45, 7) is 3.41. The van der Waals surface area contributed by atoms with Crippen LogP contribution >= 0.6 is 0 Å². The predicted octanol–water partition coefficient (Wildman–Crippen LogP) is 1.55. The van der Waals surface area contributed by atoms with Gasteiger partial charge in [0.25, 0.3) is 0 Å². The number of nitrogens with one attached hydrogen (secondary N) is 2. The van der Waals surface area contributed by atoms with Crippen molar-refractivity contribution < 1.29 is 9.53 Å². The molecule has 0 aromatic carbocycles. The molecule has 6 rings (SSSR count). The van der Waals surface area contributed by atoms with E-state index in [9.17, 15) is 4.79 Å². The van der Waals surface area contributed by atoms with Crippen molar-refractivity contribution in [2.24, 2.45) is 17.8 Å². The summed E-state index contributed by atoms with van der Waals surface area (Å²) in [5, 5.41) is 7.21. The Balaban J connectivity index is 1.67. The highest BCUT2D eigenvalue weighted by Crippen LogP contribution is 2.66. The minimum Gasteiger partial charge on any atom is -0.349 e. The van der Waals surface area contributed by atoms with Crippen LogP contribution in [0, 0.1) is 17.8 Å². The normalized spacial score (nSPS) is 59.9. The van der Waals surface area contributed by atoms with E-state index < -0.39 is 0 Å². The third-order valence-corrected chi connectivity index (χ3v) is 6.93. The molecule has 2 N–H and O–H groups in total. The van der Waals surface area contributed by atoms with Crippen molar-refractivity contribution in [2.75, 3.05) is 6.54 Å². The van der Waals surface area contributed by atoms with E-state index in [0.717, 1.165) is 37.6 Å². The van der Waals surface area contributed by atoms with E-state index in [1.165, 1.54) is 19.3 Å². The first-order valence-electron chi connectivity index (χ1n) is 8.32. The summed E-state index contributed by atoms with van der Waals surface area (Å²) in [5.74, 6) is 2.20. The van der Waals surface area contributed by atoms with Gasteiger partial charge in [0.05, 0.1) is 5.60 Å². The first kappa shape index (κ1) is 12.0. The summed E-state index contributed by atoms with van der Waals surface area (Å²) >= 11 is 0. The SMILES string of the molecule is C[C@]12C[C@H]3C[C@@]4(NC(=O)CC[C@H]4[C@]4(C1)NCCC[C@H]34)O2. The number of ether oxygens (including phenoxy) is 1. The summed E-state index contributed by atoms with van der Waals surface area (Å²) in [6.07, 6.45) is 7.73. The standard InChI is InChI=1S/C16H24N2O2/c1-14-7-10-8-16(20-14)12(4-5-13(19)18-16)15(9-14)11(10)3-2-6-17-15/h10-12,17H,2-9H2,1H3,(H,18,19)/t10-,11+,12-,14-,15+,16+/m0/s1. The third-order valence-electron chi connectivity index (χ3n) is 6.93. The van der Waals surface area contributed by atoms with Gasteiger partial charge in [0, 0.05) is 17.9 Å². The zero-order valence-corrected chi connectivity index (χ0v) is 12.2. The van der Waals surface area contributed by atoms with Crippen molar-refractivity contribution in [1.82, 2.24) is 10.6 Å². The molecule has 0 aromatic rings. The van der Waals surface area contributed by atoms with Crippen molar-refractivity contribution in [2.45, 2.75) is 68.7 Å². The molecule has 4 saturated heterocycles. The summed E-state index contributed by atoms with van der Waals surface area (Å²) in [4.78, 5) is 12.0. The van der Waals surface area contributed by atoms with E-state index in [4.69, 9.17) is 4.74 Å². The number of hydrogen-bond acceptors (Lipinski definition) is 3. The fraction of sp³-hybridized carbons (Fsp3) is 0.938. The zero-order valence-electron chi connectivity index (χ0n) is 12.2. The van der Waals surface area contributed by atoms with E-state index in [-0.39, 0.29) is 22.8 Å². The van der Waals surface area contributed by atoms with Crippen molar-refractivity contribution in [1.29, 1.82) is 0 Å². The molecule has 20 heavy (non-hydrogen) atoms. The Morgan fingerprint density at radius 2 is 2.20 bits per heavy atom. The zero-order chi connectivity index (χ0) is 13.6. The number of piperidine rings is 2. The Bertz CT molecular complexity index is 495. The van der Waals surface area contributed by atoms with E-state index in [1.54, 1.807) is 0 Å². The average molecular weight is 276 g/mol. The Morgan fingerprint density at radius 3 is 3.10 bits per heavy atom. The molecule has 0 aromatic heterocycles. The molecule has 4 bridgehead atoms. The molecule has 4 heterocycles. The maximum Gasteiger partial charge on any atom is 0.222 e. The van der Waals surface area contributed by atoms with Crippen LogP contribution in [0.3, 0.4) is 0 Å². The Hall–Kier alpha value is -0.610. The van der Waals surface area contributed by atoms with Crippen LogP contribution in [0.25, 0.3) is 0 Å². The van der Waals surface area contributed by atoms with Crippen LogP contribution in [0.15, 0.2) is 0 Å². The summed E-state index contributed by atoms with van der Waals surface area (Å²) in [5.41, 5.74) is -0.156. The highest BCUT2D eigenvalue weighted by atomic mass is 16.5. The van der Waals surface area contributed by atoms with Crippen molar-refractivity contribution >= 4 is 5.91 Å². The molecule has 2 spiro atoms. The molecular weight excluding hydrogens is 252 g/mol. The minimum absolute atomic E-state index is 0.0368. The summed E-state index contributed by atoms with van der Waals surface area (Å²) < 4.78 is 6.54. The monoisotopic (exact) mass is 276 g/mol. The maximum atomic E-state index is 12.0. The second-order valence-corrected chi connectivity index (χ2v) is 8.14. The Kier molecular flexibility index (Phi) is 2.04. The minimum atomic E-state index is -0.355. The largest absolute Gasteiger partial charge is 0.349 e. The quantitative estimate of drug-likeness (QED) is 0.706. The van der Waals surface area contributed by atoms with Gasteiger partial charge in [-0.05, 0) is 63.8 Å². The average Bonchev–Trinajstić information content (AvgIpc) is 2.35. The van der Waals surface area contributed by atoms with Gasteiger partial charge in [0.1, 0.15) is 5.72 Å². The lowest BCUT2D eigenvalue weighted by Crippen LogP contribution is -2.84. The van der Waals surface area contributed by atoms with Gasteiger partial charge in [0.2, 0.25) is 5.91 Å². The van der Waals surface area contributed by atoms with Gasteiger partial charge in [-0.1, -0.05) is 0 Å². The number of hydrogen-bond donors (Lipinski definition) is 2. The van der Waals surface area contributed by atoms with Gasteiger partial charge in [-0.3, -0.25) is 4.79 Å². The Labute approximate surface area is 120 Å². The number of rotatable bonds is 0. The van der Waals surface area contributed by atoms with Crippen molar-refractivity contribution in [3.63, 3.8) is 0 Å². The van der Waals surface area contributed by atoms with E-state index in [0.29, 0.717) is 12.3 Å². The van der Waals surface area contributed by atoms with Crippen LogP contribution < -0.4 is 10.6 Å². The smallest absolute Gasteiger partial charge is 0.222 e. The fourth-order valence-corrected chi connectivity index (χ4v) is 6.80. The topological polar surface area (TPSA) is 50.4 Å². The second kappa shape index (κ2) is 3.41. The molecule has 6 aliphatic rings. The maximum absolute atomic E-state index is 12.0. The molecule has 6 atom stereocenters. The van der Waals surface area contributed by atoms with Gasteiger partial charge < -0.3 is 15.4 Å². The molecule has 110 valence electrons. The van der Waals surface area contributed by atoms with Gasteiger partial charge in [-0.25, -0.2) is 0 Å². The summed E-state index contributed by atoms with van der Waals surface area (Å²) in [7, 11) is 0. The van der Waals surface area contributed by atoms with Gasteiger partial charge in [-0.2, -0.15) is 0 Å². The van der Waals surface area contributed by atoms with Crippen molar-refractivity contribution in [3.8, 4) is 0 Å². The fourth-order valence-electron chi connectivity index (χ4n) is 6.80. The van der Waals surface area contributed by atoms with Crippen LogP contribution in [-0.2, 0) is 9.53 Å². The molecule has 4 heteroatoms. The van der Waals surface area contributed by atoms with Gasteiger partial charge >= 0.3 is 0 Å². The predicted molar refractivity (Wildman–Crippen MR) is 73.9 cm³/mol. The highest BCUT2D eigenvalue weighted by molar-refractivity contribution is 5.78. The lowest BCUT2D eigenvalue weighted by molar-refractivity contribution is -0.340. The molecule has 0 unspecified atom stereocenters. The van der Waals surface area contributed by atoms with Crippen LogP contribution in [0.5, 0.6) is 0 Å². The first-order chi connectivity index (χ1) is 9.55. The molecule has 4 nitrogen and oxygen atoms in total. The lowest BCUT2D eigenvalue weighted by atomic mass is 9.44. The second-order valence-electron chi connectivity index (χ2n) is 8.14. The van der Waals surface area contributed by atoms with Crippen LogP contribution in [0.4, 0.5) is 0 Å². The van der Waals surface area contributed by atoms with E-state index >= 15 is 0 Å². The number of carbonyl (C=O) groups excluding carboxylic acids is 1. The third kappa shape index (κ3) is 1.24. The number of carbonyl (C=O) groups is 1. The lowest BCUT2D eigenvalue weighted by Gasteiger charge is -2.74. The van der Waals surface area contributed by atoms with E-state index in [2.05, 4.69) is 17.6 Å². The summed E-state index contributed by atoms with van der Waals surface area (Å²) in [6, 6.07) is 0. The van der Waals surface area contributed by atoms with Crippen molar-refractivity contribution in [3.05, 3.63) is 0 Å². The molecule has 6 fully saturated rings. The van der Waals surface area contributed by atoms with Crippen LogP contribution in [0.1, 0.15) is 51.9 Å².